The second-order valence-corrected chi connectivity index (χ2v) is 6.17. The molecule has 0 saturated heterocycles. The summed E-state index contributed by atoms with van der Waals surface area (Å²) in [5, 5.41) is 0. The van der Waals surface area contributed by atoms with E-state index in [0.717, 1.165) is 25.7 Å². The van der Waals surface area contributed by atoms with Gasteiger partial charge in [0.25, 0.3) is 0 Å². The molecule has 0 atom stereocenters. The third kappa shape index (κ3) is 15.3. The van der Waals surface area contributed by atoms with Gasteiger partial charge in [0.05, 0.1) is 0 Å². The third-order valence-electron chi connectivity index (χ3n) is 3.70. The summed E-state index contributed by atoms with van der Waals surface area (Å²) >= 11 is 0. The highest BCUT2D eigenvalue weighted by Crippen LogP contribution is 2.09. The standard InChI is InChI=1S/C20H34O3/c1-4-5-6-7-8-9-10-11-12-13-14-15-16-17-19(21)23-20(22)18(2)3/h9-10H,2,4-8,11-17H2,1,3H3/b10-9-. The van der Waals surface area contributed by atoms with Gasteiger partial charge in [0, 0.05) is 12.0 Å². The maximum atomic E-state index is 11.4. The van der Waals surface area contributed by atoms with E-state index in [1.165, 1.54) is 51.9 Å². The molecule has 23 heavy (non-hydrogen) atoms. The predicted molar refractivity (Wildman–Crippen MR) is 96.1 cm³/mol. The van der Waals surface area contributed by atoms with Gasteiger partial charge in [-0.1, -0.05) is 64.2 Å². The third-order valence-corrected chi connectivity index (χ3v) is 3.70. The van der Waals surface area contributed by atoms with Crippen LogP contribution in [0.15, 0.2) is 24.3 Å². The van der Waals surface area contributed by atoms with Crippen LogP contribution < -0.4 is 0 Å². The first-order valence-corrected chi connectivity index (χ1v) is 9.13. The zero-order valence-electron chi connectivity index (χ0n) is 15.1. The number of unbranched alkanes of at least 4 members (excludes halogenated alkanes) is 9. The van der Waals surface area contributed by atoms with Crippen molar-refractivity contribution in [3.8, 4) is 0 Å². The summed E-state index contributed by atoms with van der Waals surface area (Å²) in [4.78, 5) is 22.5. The van der Waals surface area contributed by atoms with E-state index < -0.39 is 11.9 Å². The Morgan fingerprint density at radius 3 is 1.96 bits per heavy atom. The minimum atomic E-state index is -0.614. The fourth-order valence-corrected chi connectivity index (χ4v) is 2.23. The lowest BCUT2D eigenvalue weighted by Crippen LogP contribution is -2.12. The van der Waals surface area contributed by atoms with Crippen LogP contribution in [-0.4, -0.2) is 11.9 Å². The van der Waals surface area contributed by atoms with E-state index in [-0.39, 0.29) is 5.57 Å². The highest BCUT2D eigenvalue weighted by molar-refractivity contribution is 5.95. The molecule has 0 aromatic heterocycles. The molecular weight excluding hydrogens is 288 g/mol. The van der Waals surface area contributed by atoms with Gasteiger partial charge in [-0.05, 0) is 39.0 Å². The number of rotatable bonds is 14. The Morgan fingerprint density at radius 2 is 1.39 bits per heavy atom. The summed E-state index contributed by atoms with van der Waals surface area (Å²) in [6.07, 6.45) is 17.9. The lowest BCUT2D eigenvalue weighted by atomic mass is 10.1. The second-order valence-electron chi connectivity index (χ2n) is 6.17. The first-order valence-electron chi connectivity index (χ1n) is 9.13. The van der Waals surface area contributed by atoms with Crippen molar-refractivity contribution in [2.45, 2.75) is 90.9 Å². The van der Waals surface area contributed by atoms with Crippen molar-refractivity contribution in [3.63, 3.8) is 0 Å². The van der Waals surface area contributed by atoms with E-state index in [4.69, 9.17) is 0 Å². The molecule has 0 aromatic rings. The van der Waals surface area contributed by atoms with E-state index >= 15 is 0 Å². The molecule has 0 aliphatic rings. The SMILES string of the molecule is C=C(C)C(=O)OC(=O)CCCCCCC/C=C\CCCCCC. The van der Waals surface area contributed by atoms with Crippen LogP contribution in [0, 0.1) is 0 Å². The van der Waals surface area contributed by atoms with Crippen LogP contribution in [0.4, 0.5) is 0 Å². The summed E-state index contributed by atoms with van der Waals surface area (Å²) < 4.78 is 4.63. The topological polar surface area (TPSA) is 43.4 Å². The molecule has 0 amide bonds. The van der Waals surface area contributed by atoms with Crippen LogP contribution in [0.2, 0.25) is 0 Å². The van der Waals surface area contributed by atoms with Crippen molar-refractivity contribution in [2.24, 2.45) is 0 Å². The Kier molecular flexibility index (Phi) is 14.6. The molecule has 132 valence electrons. The van der Waals surface area contributed by atoms with Gasteiger partial charge < -0.3 is 4.74 Å². The van der Waals surface area contributed by atoms with Gasteiger partial charge in [-0.3, -0.25) is 4.79 Å². The lowest BCUT2D eigenvalue weighted by molar-refractivity contribution is -0.156. The van der Waals surface area contributed by atoms with Gasteiger partial charge in [-0.25, -0.2) is 4.79 Å². The minimum absolute atomic E-state index is 0.261. The zero-order chi connectivity index (χ0) is 17.3. The smallest absolute Gasteiger partial charge is 0.340 e. The van der Waals surface area contributed by atoms with Crippen molar-refractivity contribution in [2.75, 3.05) is 0 Å². The largest absolute Gasteiger partial charge is 0.390 e. The summed E-state index contributed by atoms with van der Waals surface area (Å²) in [6, 6.07) is 0. The van der Waals surface area contributed by atoms with Gasteiger partial charge >= 0.3 is 11.9 Å². The molecule has 3 nitrogen and oxygen atoms in total. The molecule has 0 spiro atoms. The van der Waals surface area contributed by atoms with E-state index in [0.29, 0.717) is 6.42 Å². The van der Waals surface area contributed by atoms with Gasteiger partial charge in [0.2, 0.25) is 0 Å². The number of carbonyl (C=O) groups is 2. The molecule has 0 fully saturated rings. The summed E-state index contributed by atoms with van der Waals surface area (Å²) in [7, 11) is 0. The fourth-order valence-electron chi connectivity index (χ4n) is 2.23. The molecule has 3 heteroatoms. The normalized spacial score (nSPS) is 10.9. The van der Waals surface area contributed by atoms with Crippen molar-refractivity contribution >= 4 is 11.9 Å². The number of hydrogen-bond donors (Lipinski definition) is 0. The van der Waals surface area contributed by atoms with Crippen LogP contribution in [0.5, 0.6) is 0 Å². The zero-order valence-corrected chi connectivity index (χ0v) is 15.1. The molecule has 0 saturated carbocycles. The monoisotopic (exact) mass is 322 g/mol. The number of allylic oxidation sites excluding steroid dienone is 2. The number of esters is 2. The summed E-state index contributed by atoms with van der Waals surface area (Å²) in [5.41, 5.74) is 0.261. The molecular formula is C20H34O3. The van der Waals surface area contributed by atoms with Crippen molar-refractivity contribution in [1.82, 2.24) is 0 Å². The average molecular weight is 322 g/mol. The molecule has 0 unspecified atom stereocenters. The molecule has 0 heterocycles. The van der Waals surface area contributed by atoms with E-state index in [2.05, 4.69) is 30.4 Å². The van der Waals surface area contributed by atoms with Crippen LogP contribution in [-0.2, 0) is 14.3 Å². The maximum Gasteiger partial charge on any atom is 0.340 e. The molecule has 0 radical (unpaired) electrons. The van der Waals surface area contributed by atoms with E-state index in [1.54, 1.807) is 0 Å². The summed E-state index contributed by atoms with van der Waals surface area (Å²) in [6.45, 7) is 7.22. The van der Waals surface area contributed by atoms with Gasteiger partial charge in [-0.2, -0.15) is 0 Å². The molecule has 0 aliphatic heterocycles. The number of carbonyl (C=O) groups excluding carboxylic acids is 2. The number of ether oxygens (including phenoxy) is 1. The number of hydrogen-bond acceptors (Lipinski definition) is 3. The van der Waals surface area contributed by atoms with Gasteiger partial charge in [0.15, 0.2) is 0 Å². The molecule has 0 N–H and O–H groups in total. The maximum absolute atomic E-state index is 11.4. The van der Waals surface area contributed by atoms with E-state index in [1.807, 2.05) is 0 Å². The van der Waals surface area contributed by atoms with Crippen LogP contribution in [0.25, 0.3) is 0 Å². The van der Waals surface area contributed by atoms with Gasteiger partial charge in [-0.15, -0.1) is 0 Å². The highest BCUT2D eigenvalue weighted by Gasteiger charge is 2.10. The first kappa shape index (κ1) is 21.6. The predicted octanol–water partition coefficient (Wildman–Crippen LogP) is 5.89. The van der Waals surface area contributed by atoms with Crippen molar-refractivity contribution in [1.29, 1.82) is 0 Å². The Labute approximate surface area is 142 Å². The lowest BCUT2D eigenvalue weighted by Gasteiger charge is -2.02. The van der Waals surface area contributed by atoms with Crippen LogP contribution in [0.1, 0.15) is 90.9 Å². The van der Waals surface area contributed by atoms with Crippen molar-refractivity contribution in [3.05, 3.63) is 24.3 Å². The fraction of sp³-hybridized carbons (Fsp3) is 0.700. The highest BCUT2D eigenvalue weighted by atomic mass is 16.6. The van der Waals surface area contributed by atoms with Crippen LogP contribution in [0.3, 0.4) is 0 Å². The van der Waals surface area contributed by atoms with Gasteiger partial charge in [0.1, 0.15) is 0 Å². The Hall–Kier alpha value is -1.38. The second kappa shape index (κ2) is 15.5. The van der Waals surface area contributed by atoms with E-state index in [9.17, 15) is 9.59 Å². The van der Waals surface area contributed by atoms with Crippen LogP contribution >= 0.6 is 0 Å². The van der Waals surface area contributed by atoms with Crippen molar-refractivity contribution < 1.29 is 14.3 Å². The average Bonchev–Trinajstić information content (AvgIpc) is 2.51. The summed E-state index contributed by atoms with van der Waals surface area (Å²) in [5.74, 6) is -1.06. The first-order chi connectivity index (χ1) is 11.1. The minimum Gasteiger partial charge on any atom is -0.390 e. The Balaban J connectivity index is 3.33. The molecule has 0 aliphatic carbocycles. The Morgan fingerprint density at radius 1 is 0.870 bits per heavy atom. The quantitative estimate of drug-likeness (QED) is 0.132. The molecule has 0 aromatic carbocycles. The Bertz CT molecular complexity index is 369. The molecule has 0 bridgehead atoms. The molecule has 0 rings (SSSR count).